The summed E-state index contributed by atoms with van der Waals surface area (Å²) in [5, 5.41) is 16.1. The first-order valence-corrected chi connectivity index (χ1v) is 11.2. The molecule has 0 aromatic heterocycles. The Labute approximate surface area is 197 Å². The van der Waals surface area contributed by atoms with Crippen molar-refractivity contribution in [2.24, 2.45) is 0 Å². The van der Waals surface area contributed by atoms with Gasteiger partial charge in [0.1, 0.15) is 5.75 Å². The minimum absolute atomic E-state index is 0.542. The van der Waals surface area contributed by atoms with Crippen LogP contribution in [0.5, 0.6) is 5.75 Å². The lowest BCUT2D eigenvalue weighted by molar-refractivity contribution is -0.363. The summed E-state index contributed by atoms with van der Waals surface area (Å²) in [6.45, 7) is 0. The Balaban J connectivity index is 1.60. The van der Waals surface area contributed by atoms with Crippen molar-refractivity contribution in [3.05, 3.63) is 114 Å². The third-order valence-corrected chi connectivity index (χ3v) is 6.87. The molecule has 0 saturated heterocycles. The highest BCUT2D eigenvalue weighted by Gasteiger charge is 2.64. The van der Waals surface area contributed by atoms with E-state index in [-0.39, 0.29) is 0 Å². The second-order valence-corrected chi connectivity index (χ2v) is 8.51. The van der Waals surface area contributed by atoms with Gasteiger partial charge >= 0.3 is 0 Å². The molecular weight excluding hydrogens is 424 g/mol. The number of ether oxygens (including phenoxy) is 3. The molecule has 0 aliphatic carbocycles. The van der Waals surface area contributed by atoms with Crippen molar-refractivity contribution < 1.29 is 19.3 Å². The second kappa shape index (κ2) is 7.67. The average Bonchev–Trinajstić information content (AvgIpc) is 3.19. The van der Waals surface area contributed by atoms with Gasteiger partial charge in [-0.25, -0.2) is 0 Å². The Kier molecular flexibility index (Phi) is 4.71. The van der Waals surface area contributed by atoms with Gasteiger partial charge in [-0.15, -0.1) is 0 Å². The maximum absolute atomic E-state index is 12.2. The van der Waals surface area contributed by atoms with Crippen LogP contribution in [0, 0.1) is 0 Å². The van der Waals surface area contributed by atoms with Gasteiger partial charge in [0, 0.05) is 25.2 Å². The highest BCUT2D eigenvalue weighted by Crippen LogP contribution is 2.58. The molecule has 0 saturated carbocycles. The van der Waals surface area contributed by atoms with Crippen LogP contribution in [0.15, 0.2) is 103 Å². The Hall–Kier alpha value is -3.70. The van der Waals surface area contributed by atoms with Gasteiger partial charge in [-0.3, -0.25) is 0 Å². The molecule has 0 spiro atoms. The smallest absolute Gasteiger partial charge is 0.294 e. The summed E-state index contributed by atoms with van der Waals surface area (Å²) < 4.78 is 18.5. The van der Waals surface area contributed by atoms with Crippen molar-refractivity contribution in [3.8, 4) is 16.9 Å². The SMILES string of the molecule is COC1(OC)c2c(c3ccccc3c3ccccc23)OC1(O)c1ccc(-c2ccccc2)cc1. The summed E-state index contributed by atoms with van der Waals surface area (Å²) in [6.07, 6.45) is 0. The van der Waals surface area contributed by atoms with Crippen LogP contribution in [-0.2, 0) is 21.0 Å². The topological polar surface area (TPSA) is 47.9 Å². The first kappa shape index (κ1) is 20.9. The Bertz CT molecular complexity index is 1500. The van der Waals surface area contributed by atoms with E-state index in [1.54, 1.807) is 0 Å². The highest BCUT2D eigenvalue weighted by atomic mass is 16.8. The maximum Gasteiger partial charge on any atom is 0.294 e. The van der Waals surface area contributed by atoms with Crippen LogP contribution >= 0.6 is 0 Å². The average molecular weight is 449 g/mol. The fraction of sp³-hybridized carbons (Fsp3) is 0.133. The van der Waals surface area contributed by atoms with Crippen LogP contribution in [0.4, 0.5) is 0 Å². The molecule has 1 atom stereocenters. The number of hydrogen-bond acceptors (Lipinski definition) is 4. The van der Waals surface area contributed by atoms with Crippen LogP contribution in [-0.4, -0.2) is 19.3 Å². The van der Waals surface area contributed by atoms with Crippen LogP contribution < -0.4 is 4.74 Å². The summed E-state index contributed by atoms with van der Waals surface area (Å²) in [5.41, 5.74) is 3.36. The minimum atomic E-state index is -1.90. The predicted molar refractivity (Wildman–Crippen MR) is 134 cm³/mol. The quantitative estimate of drug-likeness (QED) is 0.257. The van der Waals surface area contributed by atoms with Crippen molar-refractivity contribution in [1.29, 1.82) is 0 Å². The lowest BCUT2D eigenvalue weighted by atomic mass is 9.87. The van der Waals surface area contributed by atoms with Crippen molar-refractivity contribution in [2.75, 3.05) is 14.2 Å². The third kappa shape index (κ3) is 2.71. The van der Waals surface area contributed by atoms with Gasteiger partial charge in [-0.1, -0.05) is 103 Å². The van der Waals surface area contributed by atoms with Gasteiger partial charge in [-0.05, 0) is 27.3 Å². The number of hydrogen-bond donors (Lipinski definition) is 1. The van der Waals surface area contributed by atoms with Gasteiger partial charge in [0.15, 0.2) is 0 Å². The van der Waals surface area contributed by atoms with Crippen LogP contribution in [0.25, 0.3) is 32.7 Å². The fourth-order valence-electron chi connectivity index (χ4n) is 5.26. The van der Waals surface area contributed by atoms with Gasteiger partial charge in [0.25, 0.3) is 11.6 Å². The molecule has 4 heteroatoms. The molecule has 1 aliphatic heterocycles. The van der Waals surface area contributed by atoms with Crippen molar-refractivity contribution in [3.63, 3.8) is 0 Å². The van der Waals surface area contributed by atoms with E-state index in [1.165, 1.54) is 14.2 Å². The first-order chi connectivity index (χ1) is 16.6. The molecule has 5 aromatic carbocycles. The van der Waals surface area contributed by atoms with Gasteiger partial charge < -0.3 is 19.3 Å². The largest absolute Gasteiger partial charge is 0.451 e. The van der Waals surface area contributed by atoms with E-state index < -0.39 is 11.6 Å². The zero-order chi connectivity index (χ0) is 23.3. The molecule has 0 amide bonds. The predicted octanol–water partition coefficient (Wildman–Crippen LogP) is 6.34. The van der Waals surface area contributed by atoms with E-state index in [9.17, 15) is 5.11 Å². The monoisotopic (exact) mass is 448 g/mol. The molecular formula is C30H24O4. The molecule has 1 N–H and O–H groups in total. The molecule has 34 heavy (non-hydrogen) atoms. The van der Waals surface area contributed by atoms with E-state index in [2.05, 4.69) is 24.3 Å². The van der Waals surface area contributed by atoms with E-state index in [0.717, 1.165) is 32.7 Å². The summed E-state index contributed by atoms with van der Waals surface area (Å²) in [7, 11) is 3.07. The highest BCUT2D eigenvalue weighted by molar-refractivity contribution is 6.13. The summed E-state index contributed by atoms with van der Waals surface area (Å²) in [6, 6.07) is 33.9. The number of fused-ring (bicyclic) bond motifs is 6. The standard InChI is InChI=1S/C30H24O4/c1-32-30(33-2)27-25-14-8-6-12-23(25)24-13-7-9-15-26(24)28(27)34-29(30,31)22-18-16-21(17-19-22)20-10-4-3-5-11-20/h3-19,31H,1-2H3. The van der Waals surface area contributed by atoms with Gasteiger partial charge in [-0.2, -0.15) is 0 Å². The van der Waals surface area contributed by atoms with E-state index in [0.29, 0.717) is 16.9 Å². The molecule has 0 bridgehead atoms. The maximum atomic E-state index is 12.2. The van der Waals surface area contributed by atoms with Gasteiger partial charge in [0.2, 0.25) is 0 Å². The van der Waals surface area contributed by atoms with E-state index in [4.69, 9.17) is 14.2 Å². The van der Waals surface area contributed by atoms with Gasteiger partial charge in [0.05, 0.1) is 5.56 Å². The molecule has 4 nitrogen and oxygen atoms in total. The zero-order valence-electron chi connectivity index (χ0n) is 19.0. The number of benzene rings is 5. The minimum Gasteiger partial charge on any atom is -0.451 e. The Morgan fingerprint density at radius 2 is 1.09 bits per heavy atom. The molecule has 6 rings (SSSR count). The summed E-state index contributed by atoms with van der Waals surface area (Å²) >= 11 is 0. The van der Waals surface area contributed by atoms with E-state index >= 15 is 0 Å². The normalized spacial score (nSPS) is 18.7. The Morgan fingerprint density at radius 3 is 1.71 bits per heavy atom. The molecule has 0 radical (unpaired) electrons. The molecule has 5 aromatic rings. The van der Waals surface area contributed by atoms with Crippen molar-refractivity contribution in [1.82, 2.24) is 0 Å². The van der Waals surface area contributed by atoms with Crippen LogP contribution in [0.1, 0.15) is 11.1 Å². The number of rotatable bonds is 4. The lowest BCUT2D eigenvalue weighted by Gasteiger charge is -2.38. The van der Waals surface area contributed by atoms with Crippen molar-refractivity contribution in [2.45, 2.75) is 11.6 Å². The fourth-order valence-corrected chi connectivity index (χ4v) is 5.26. The molecule has 1 unspecified atom stereocenters. The molecule has 0 fully saturated rings. The van der Waals surface area contributed by atoms with Crippen molar-refractivity contribution >= 4 is 21.5 Å². The molecule has 1 heterocycles. The third-order valence-electron chi connectivity index (χ3n) is 6.87. The Morgan fingerprint density at radius 1 is 0.588 bits per heavy atom. The second-order valence-electron chi connectivity index (χ2n) is 8.51. The number of aliphatic hydroxyl groups is 1. The molecule has 1 aliphatic rings. The van der Waals surface area contributed by atoms with Crippen LogP contribution in [0.3, 0.4) is 0 Å². The first-order valence-electron chi connectivity index (χ1n) is 11.2. The number of methoxy groups -OCH3 is 2. The summed E-state index contributed by atoms with van der Waals surface area (Å²) in [5.74, 6) is -2.91. The van der Waals surface area contributed by atoms with Crippen LogP contribution in [0.2, 0.25) is 0 Å². The molecule has 168 valence electrons. The zero-order valence-corrected chi connectivity index (χ0v) is 19.0. The van der Waals surface area contributed by atoms with E-state index in [1.807, 2.05) is 78.9 Å². The summed E-state index contributed by atoms with van der Waals surface area (Å²) in [4.78, 5) is 0. The lowest BCUT2D eigenvalue weighted by Crippen LogP contribution is -2.51.